The standard InChI is InChI=1S/C50H56B28O/c51-21-15(7-5-1-3-11(30(60)24(5)54)36(66)43(73)38(68)13(3)34(64)32(62)9(1)28(58)26(7)56)22(52)17(18-40(70)45(75)41(71)19-20-42(72)46(76)47(77)48(78)50(20)79-49(18)19)23(53)16(21)8-6-2-4-12(31(61)25(6)55)37(67)44(74)39(69)14(4)35(65)33(63)10(2)29(59)27(8)57/h51-78H2. The molecule has 0 amide bonds. The lowest BCUT2D eigenvalue weighted by Crippen LogP contribution is -2.49. The highest BCUT2D eigenvalue weighted by Crippen LogP contribution is 2.39. The number of fused-ring (bicyclic) bond motifs is 3. The molecule has 11 aromatic carbocycles. The Morgan fingerprint density at radius 3 is 0.633 bits per heavy atom. The fourth-order valence-corrected chi connectivity index (χ4v) is 17.0. The number of rotatable bonds is 3. The molecule has 1 nitrogen and oxygen atoms in total. The third-order valence-electron chi connectivity index (χ3n) is 23.0. The predicted octanol–water partition coefficient (Wildman–Crippen LogP) is -34.4. The van der Waals surface area contributed by atoms with E-state index < -0.39 is 0 Å². The summed E-state index contributed by atoms with van der Waals surface area (Å²) < 4.78 is 7.60. The van der Waals surface area contributed by atoms with Crippen molar-refractivity contribution in [1.82, 2.24) is 0 Å². The molecule has 29 heteroatoms. The lowest BCUT2D eigenvalue weighted by molar-refractivity contribution is 0.673. The van der Waals surface area contributed by atoms with Gasteiger partial charge in [-0.1, -0.05) is 137 Å². The van der Waals surface area contributed by atoms with Crippen molar-refractivity contribution in [2.75, 3.05) is 0 Å². The Labute approximate surface area is 493 Å². The van der Waals surface area contributed by atoms with Crippen LogP contribution < -0.4 is 153 Å². The second-order valence-corrected chi connectivity index (χ2v) is 25.8. The van der Waals surface area contributed by atoms with Gasteiger partial charge in [-0.15, -0.1) is 16.4 Å². The normalized spacial score (nSPS) is 12.2. The lowest BCUT2D eigenvalue weighted by Gasteiger charge is -2.33. The summed E-state index contributed by atoms with van der Waals surface area (Å²) in [5.41, 5.74) is 48.5. The van der Waals surface area contributed by atoms with Crippen molar-refractivity contribution in [2.24, 2.45) is 0 Å². The van der Waals surface area contributed by atoms with Crippen LogP contribution in [0.4, 0.5) is 0 Å². The average molecular weight is 976 g/mol. The Bertz CT molecular complexity index is 4700. The van der Waals surface area contributed by atoms with Crippen molar-refractivity contribution in [3.05, 3.63) is 0 Å². The summed E-state index contributed by atoms with van der Waals surface area (Å²) in [7, 11) is 67.0. The zero-order valence-corrected chi connectivity index (χ0v) is 53.4. The molecule has 0 radical (unpaired) electrons. The van der Waals surface area contributed by atoms with Gasteiger partial charge < -0.3 is 4.42 Å². The van der Waals surface area contributed by atoms with Crippen molar-refractivity contribution in [2.45, 2.75) is 0 Å². The summed E-state index contributed by atoms with van der Waals surface area (Å²) in [5, 5.41) is 19.8. The average Bonchev–Trinajstić information content (AvgIpc) is 2.59. The third-order valence-corrected chi connectivity index (χ3v) is 23.0. The van der Waals surface area contributed by atoms with E-state index in [0.29, 0.717) is 0 Å². The van der Waals surface area contributed by atoms with Crippen LogP contribution in [0.1, 0.15) is 0 Å². The molecule has 0 saturated heterocycles. The fourth-order valence-electron chi connectivity index (χ4n) is 17.0. The van der Waals surface area contributed by atoms with Gasteiger partial charge in [-0.05, 0) is 92.5 Å². The monoisotopic (exact) mass is 981 g/mol. The minimum absolute atomic E-state index is 1.02. The van der Waals surface area contributed by atoms with Crippen molar-refractivity contribution in [1.29, 1.82) is 0 Å². The first-order valence-corrected chi connectivity index (χ1v) is 29.4. The van der Waals surface area contributed by atoms with Gasteiger partial charge in [0.25, 0.3) is 0 Å². The van der Waals surface area contributed by atoms with Crippen molar-refractivity contribution < 1.29 is 4.42 Å². The molecular formula is C50H56B28O. The molecule has 12 aromatic rings. The van der Waals surface area contributed by atoms with Crippen LogP contribution >= 0.6 is 0 Å². The Kier molecular flexibility index (Phi) is 12.3. The van der Waals surface area contributed by atoms with E-state index in [0.717, 1.165) is 11.2 Å². The summed E-state index contributed by atoms with van der Waals surface area (Å²) in [6.45, 7) is 0. The molecule has 1 aromatic heterocycles. The maximum absolute atomic E-state index is 7.60. The minimum Gasteiger partial charge on any atom is -0.456 e. The second kappa shape index (κ2) is 17.8. The van der Waals surface area contributed by atoms with E-state index in [9.17, 15) is 0 Å². The Morgan fingerprint density at radius 2 is 0.304 bits per heavy atom. The van der Waals surface area contributed by atoms with Gasteiger partial charge in [0.05, 0.1) is 0 Å². The van der Waals surface area contributed by atoms with E-state index in [1.165, 1.54) is 262 Å². The van der Waals surface area contributed by atoms with Crippen LogP contribution in [0.3, 0.4) is 0 Å². The first kappa shape index (κ1) is 54.7. The Morgan fingerprint density at radius 1 is 0.114 bits per heavy atom. The van der Waals surface area contributed by atoms with Gasteiger partial charge in [-0.2, -0.15) is 0 Å². The molecule has 79 heavy (non-hydrogen) atoms. The fraction of sp³-hybridized carbons (Fsp3) is 0. The molecule has 0 aliphatic rings. The summed E-state index contributed by atoms with van der Waals surface area (Å²) in [6.07, 6.45) is 0. The van der Waals surface area contributed by atoms with Gasteiger partial charge in [0.1, 0.15) is 231 Å². The maximum atomic E-state index is 7.60. The van der Waals surface area contributed by atoms with Gasteiger partial charge in [-0.25, -0.2) is 0 Å². The molecule has 0 aliphatic carbocycles. The summed E-state index contributed by atoms with van der Waals surface area (Å²) in [4.78, 5) is 0. The number of benzene rings is 11. The second-order valence-electron chi connectivity index (χ2n) is 25.8. The quantitative estimate of drug-likeness (QED) is 0.127. The Hall–Kier alpha value is -4.88. The smallest absolute Gasteiger partial charge is 0.143 e. The van der Waals surface area contributed by atoms with Gasteiger partial charge in [-0.3, -0.25) is 0 Å². The number of hydrogen-bond acceptors (Lipinski definition) is 1. The van der Waals surface area contributed by atoms with Crippen molar-refractivity contribution >= 4 is 459 Å². The van der Waals surface area contributed by atoms with Crippen LogP contribution in [0.5, 0.6) is 0 Å². The van der Waals surface area contributed by atoms with E-state index in [1.54, 1.807) is 0 Å². The molecule has 0 aliphatic heterocycles. The number of hydrogen-bond donors (Lipinski definition) is 0. The van der Waals surface area contributed by atoms with Crippen molar-refractivity contribution in [3.63, 3.8) is 0 Å². The van der Waals surface area contributed by atoms with Gasteiger partial charge in [0, 0.05) is 16.3 Å². The van der Waals surface area contributed by atoms with Crippen LogP contribution in [0.25, 0.3) is 120 Å². The van der Waals surface area contributed by atoms with E-state index in [1.807, 2.05) is 0 Å². The number of furan rings is 1. The van der Waals surface area contributed by atoms with Crippen LogP contribution in [0, 0.1) is 0 Å². The Balaban J connectivity index is 1.41. The zero-order chi connectivity index (χ0) is 57.6. The minimum atomic E-state index is 1.02. The first-order chi connectivity index (χ1) is 37.0. The molecule has 346 valence electrons. The molecule has 0 saturated carbocycles. The van der Waals surface area contributed by atoms with Gasteiger partial charge in [0.2, 0.25) is 0 Å². The molecule has 0 unspecified atom stereocenters. The summed E-state index contributed by atoms with van der Waals surface area (Å²) in [6, 6.07) is 0. The third kappa shape index (κ3) is 6.47. The molecular weight excluding hydrogens is 919 g/mol. The first-order valence-electron chi connectivity index (χ1n) is 29.4. The highest BCUT2D eigenvalue weighted by Gasteiger charge is 2.33. The largest absolute Gasteiger partial charge is 0.456 e. The van der Waals surface area contributed by atoms with Crippen LogP contribution in [0.2, 0.25) is 0 Å². The summed E-state index contributed by atoms with van der Waals surface area (Å²) >= 11 is 0. The van der Waals surface area contributed by atoms with Crippen molar-refractivity contribution in [3.8, 4) is 33.4 Å². The van der Waals surface area contributed by atoms with Crippen LogP contribution in [-0.4, -0.2) is 220 Å². The van der Waals surface area contributed by atoms with Crippen LogP contribution in [-0.2, 0) is 0 Å². The topological polar surface area (TPSA) is 13.1 Å². The van der Waals surface area contributed by atoms with E-state index >= 15 is 0 Å². The highest BCUT2D eigenvalue weighted by atomic mass is 16.3. The predicted molar refractivity (Wildman–Crippen MR) is 446 cm³/mol. The van der Waals surface area contributed by atoms with Crippen LogP contribution in [0.15, 0.2) is 4.42 Å². The molecule has 0 N–H and O–H groups in total. The van der Waals surface area contributed by atoms with E-state index in [4.69, 9.17) is 4.42 Å². The lowest BCUT2D eigenvalue weighted by atomic mass is 9.55. The maximum Gasteiger partial charge on any atom is 0.143 e. The van der Waals surface area contributed by atoms with Gasteiger partial charge in [0.15, 0.2) is 0 Å². The summed E-state index contributed by atoms with van der Waals surface area (Å²) in [5.74, 6) is 0. The SMILES string of the molecule is Bc1c(-c2c(B)c(B)c(B)c3c2oc2c(B)c(B)c(B)c(B)c23)c(B)c(-c2c(B)c(B)c3c(B)c(B)c4c(B)c(B)c(B)c5c(B)c(B)c2c3c45)c(B)c1-c1c(B)c(B)c2c(B)c(B)c3c(B)c(B)c(B)c4c(B)c(B)c1c2c34. The van der Waals surface area contributed by atoms with E-state index in [2.05, 4.69) is 220 Å². The molecule has 0 spiro atoms. The molecule has 0 bridgehead atoms. The molecule has 0 fully saturated rings. The molecule has 12 rings (SSSR count). The zero-order valence-electron chi connectivity index (χ0n) is 53.4. The molecule has 0 atom stereocenters. The van der Waals surface area contributed by atoms with E-state index in [-0.39, 0.29) is 0 Å². The van der Waals surface area contributed by atoms with Gasteiger partial charge >= 0.3 is 0 Å². The molecule has 1 heterocycles. The highest BCUT2D eigenvalue weighted by molar-refractivity contribution is 6.79.